The van der Waals surface area contributed by atoms with E-state index in [-0.39, 0.29) is 5.82 Å². The molecule has 0 saturated carbocycles. The highest BCUT2D eigenvalue weighted by atomic mass is 19.1. The lowest BCUT2D eigenvalue weighted by Gasteiger charge is -2.34. The number of benzene rings is 1. The van der Waals surface area contributed by atoms with E-state index in [4.69, 9.17) is 0 Å². The Bertz CT molecular complexity index is 950. The molecule has 0 bridgehead atoms. The normalized spacial score (nSPS) is 18.3. The van der Waals surface area contributed by atoms with Crippen LogP contribution in [0.1, 0.15) is 63.6 Å². The van der Waals surface area contributed by atoms with Crippen molar-refractivity contribution in [2.75, 3.05) is 32.7 Å². The number of pyridine rings is 1. The zero-order chi connectivity index (χ0) is 24.1. The zero-order valence-corrected chi connectivity index (χ0v) is 20.8. The summed E-state index contributed by atoms with van der Waals surface area (Å²) in [7, 11) is 0. The van der Waals surface area contributed by atoms with E-state index in [1.165, 1.54) is 19.3 Å². The molecule has 5 heteroatoms. The quantitative estimate of drug-likeness (QED) is 0.429. The number of aromatic nitrogens is 1. The number of alkyl halides is 1. The van der Waals surface area contributed by atoms with E-state index in [1.54, 1.807) is 26.1 Å². The van der Waals surface area contributed by atoms with Crippen LogP contribution in [0.2, 0.25) is 0 Å². The van der Waals surface area contributed by atoms with E-state index in [9.17, 15) is 8.78 Å². The lowest BCUT2D eigenvalue weighted by atomic mass is 9.91. The Balaban J connectivity index is 1.30. The molecular formula is C29H39F2N3. The largest absolute Gasteiger partial charge is 0.372 e. The molecule has 4 rings (SSSR count). The summed E-state index contributed by atoms with van der Waals surface area (Å²) in [5, 5.41) is 0. The fourth-order valence-electron chi connectivity index (χ4n) is 5.32. The lowest BCUT2D eigenvalue weighted by Crippen LogP contribution is -2.41. The molecule has 34 heavy (non-hydrogen) atoms. The molecule has 0 spiro atoms. The van der Waals surface area contributed by atoms with Crippen LogP contribution in [-0.4, -0.2) is 53.2 Å². The third-order valence-corrected chi connectivity index (χ3v) is 7.29. The Labute approximate surface area is 203 Å². The molecule has 0 unspecified atom stereocenters. The molecule has 3 heterocycles. The van der Waals surface area contributed by atoms with Crippen molar-refractivity contribution in [2.45, 2.75) is 64.5 Å². The fraction of sp³-hybridized carbons (Fsp3) is 0.552. The Kier molecular flexibility index (Phi) is 8.02. The topological polar surface area (TPSA) is 19.4 Å². The van der Waals surface area contributed by atoms with Crippen LogP contribution in [0.25, 0.3) is 16.8 Å². The summed E-state index contributed by atoms with van der Waals surface area (Å²) in [5.74, 6) is 0.437. The van der Waals surface area contributed by atoms with Crippen molar-refractivity contribution < 1.29 is 8.78 Å². The summed E-state index contributed by atoms with van der Waals surface area (Å²) in [6.45, 7) is 12.0. The van der Waals surface area contributed by atoms with Gasteiger partial charge in [0.15, 0.2) is 0 Å². The van der Waals surface area contributed by atoms with Gasteiger partial charge >= 0.3 is 0 Å². The van der Waals surface area contributed by atoms with Gasteiger partial charge in [-0.3, -0.25) is 4.98 Å². The first-order valence-corrected chi connectivity index (χ1v) is 12.9. The Morgan fingerprint density at radius 3 is 2.41 bits per heavy atom. The van der Waals surface area contributed by atoms with Gasteiger partial charge in [0.1, 0.15) is 11.5 Å². The van der Waals surface area contributed by atoms with Crippen LogP contribution in [0.4, 0.5) is 8.78 Å². The molecule has 0 amide bonds. The number of aryl methyl sites for hydroxylation is 1. The molecule has 1 aromatic heterocycles. The van der Waals surface area contributed by atoms with Gasteiger partial charge < -0.3 is 9.80 Å². The van der Waals surface area contributed by atoms with Crippen LogP contribution in [-0.2, 0) is 6.42 Å². The first-order valence-electron chi connectivity index (χ1n) is 12.9. The SMILES string of the molecule is C=C(c1ccc(-c2ccc(CCC3CCN(CC(C)(C)F)CC3)nc2)c(F)c1)N1CCCCC1. The van der Waals surface area contributed by atoms with Crippen molar-refractivity contribution >= 4 is 5.70 Å². The number of rotatable bonds is 8. The van der Waals surface area contributed by atoms with Gasteiger partial charge in [0, 0.05) is 53.9 Å². The van der Waals surface area contributed by atoms with Crippen LogP contribution < -0.4 is 0 Å². The van der Waals surface area contributed by atoms with Gasteiger partial charge in [-0.1, -0.05) is 24.8 Å². The van der Waals surface area contributed by atoms with E-state index in [2.05, 4.69) is 21.4 Å². The summed E-state index contributed by atoms with van der Waals surface area (Å²) in [6.07, 6.45) is 9.67. The first kappa shape index (κ1) is 24.8. The zero-order valence-electron chi connectivity index (χ0n) is 20.8. The van der Waals surface area contributed by atoms with Gasteiger partial charge in [0.2, 0.25) is 0 Å². The fourth-order valence-corrected chi connectivity index (χ4v) is 5.32. The smallest absolute Gasteiger partial charge is 0.131 e. The summed E-state index contributed by atoms with van der Waals surface area (Å²) < 4.78 is 28.8. The molecule has 0 atom stereocenters. The van der Waals surface area contributed by atoms with E-state index in [0.29, 0.717) is 18.0 Å². The molecule has 184 valence electrons. The number of halogens is 2. The molecule has 2 aromatic rings. The Morgan fingerprint density at radius 2 is 1.79 bits per heavy atom. The molecule has 3 nitrogen and oxygen atoms in total. The molecule has 2 aliphatic rings. The van der Waals surface area contributed by atoms with Gasteiger partial charge in [0.25, 0.3) is 0 Å². The predicted octanol–water partition coefficient (Wildman–Crippen LogP) is 6.74. The minimum absolute atomic E-state index is 0.228. The van der Waals surface area contributed by atoms with E-state index in [0.717, 1.165) is 74.4 Å². The van der Waals surface area contributed by atoms with E-state index in [1.807, 2.05) is 24.3 Å². The van der Waals surface area contributed by atoms with Crippen molar-refractivity contribution in [2.24, 2.45) is 5.92 Å². The highest BCUT2D eigenvalue weighted by Gasteiger charge is 2.25. The van der Waals surface area contributed by atoms with Crippen LogP contribution >= 0.6 is 0 Å². The van der Waals surface area contributed by atoms with Crippen LogP contribution in [0.15, 0.2) is 43.1 Å². The third-order valence-electron chi connectivity index (χ3n) is 7.29. The average Bonchev–Trinajstić information content (AvgIpc) is 2.83. The van der Waals surface area contributed by atoms with E-state index >= 15 is 0 Å². The van der Waals surface area contributed by atoms with Crippen molar-refractivity contribution in [3.63, 3.8) is 0 Å². The predicted molar refractivity (Wildman–Crippen MR) is 137 cm³/mol. The average molecular weight is 468 g/mol. The molecule has 2 aliphatic heterocycles. The van der Waals surface area contributed by atoms with Crippen molar-refractivity contribution in [3.05, 3.63) is 60.2 Å². The first-order chi connectivity index (χ1) is 16.3. The summed E-state index contributed by atoms with van der Waals surface area (Å²) in [5.41, 5.74) is 3.08. The van der Waals surface area contributed by atoms with Gasteiger partial charge in [-0.15, -0.1) is 0 Å². The van der Waals surface area contributed by atoms with Crippen molar-refractivity contribution in [3.8, 4) is 11.1 Å². The van der Waals surface area contributed by atoms with Gasteiger partial charge in [-0.05, 0) is 89.9 Å². The maximum atomic E-state index is 15.0. The van der Waals surface area contributed by atoms with Gasteiger partial charge in [-0.2, -0.15) is 0 Å². The summed E-state index contributed by atoms with van der Waals surface area (Å²) >= 11 is 0. The van der Waals surface area contributed by atoms with Crippen molar-refractivity contribution in [1.82, 2.24) is 14.8 Å². The maximum absolute atomic E-state index is 15.0. The highest BCUT2D eigenvalue weighted by Crippen LogP contribution is 2.29. The maximum Gasteiger partial charge on any atom is 0.131 e. The number of hydrogen-bond acceptors (Lipinski definition) is 3. The summed E-state index contributed by atoms with van der Waals surface area (Å²) in [6, 6.07) is 9.43. The monoisotopic (exact) mass is 467 g/mol. The Hall–Kier alpha value is -2.27. The molecular weight excluding hydrogens is 428 g/mol. The molecule has 1 aromatic carbocycles. The van der Waals surface area contributed by atoms with Gasteiger partial charge in [-0.25, -0.2) is 8.78 Å². The van der Waals surface area contributed by atoms with Crippen LogP contribution in [0.3, 0.4) is 0 Å². The second-order valence-corrected chi connectivity index (χ2v) is 10.7. The molecule has 0 N–H and O–H groups in total. The molecule has 0 radical (unpaired) electrons. The molecule has 0 aliphatic carbocycles. The number of hydrogen-bond donors (Lipinski definition) is 0. The highest BCUT2D eigenvalue weighted by molar-refractivity contribution is 5.69. The van der Waals surface area contributed by atoms with Gasteiger partial charge in [0.05, 0.1) is 0 Å². The molecule has 2 saturated heterocycles. The second-order valence-electron chi connectivity index (χ2n) is 10.7. The van der Waals surface area contributed by atoms with Crippen LogP contribution in [0.5, 0.6) is 0 Å². The lowest BCUT2D eigenvalue weighted by molar-refractivity contribution is 0.0942. The minimum atomic E-state index is -1.13. The standard InChI is InChI=1S/C29H39F2N3/c1-22(34-15-5-4-6-16-34)24-9-12-27(28(30)19-24)25-8-11-26(32-20-25)10-7-23-13-17-33(18-14-23)21-29(2,3)31/h8-9,11-12,19-20,23H,1,4-7,10,13-18,21H2,2-3H3. The van der Waals surface area contributed by atoms with Crippen molar-refractivity contribution in [1.29, 1.82) is 0 Å². The number of likely N-dealkylation sites (tertiary alicyclic amines) is 2. The summed E-state index contributed by atoms with van der Waals surface area (Å²) in [4.78, 5) is 9.13. The van der Waals surface area contributed by atoms with E-state index < -0.39 is 5.67 Å². The second kappa shape index (κ2) is 11.0. The Morgan fingerprint density at radius 1 is 1.06 bits per heavy atom. The minimum Gasteiger partial charge on any atom is -0.372 e. The third kappa shape index (κ3) is 6.65. The number of nitrogens with zero attached hydrogens (tertiary/aromatic N) is 3. The molecule has 2 fully saturated rings. The number of piperidine rings is 2. The van der Waals surface area contributed by atoms with Crippen LogP contribution in [0, 0.1) is 11.7 Å².